The second-order valence-electron chi connectivity index (χ2n) is 5.36. The molecule has 1 aliphatic heterocycles. The Morgan fingerprint density at radius 3 is 2.35 bits per heavy atom. The van der Waals surface area contributed by atoms with Crippen LogP contribution in [0.4, 0.5) is 0 Å². The molecule has 1 saturated carbocycles. The van der Waals surface area contributed by atoms with Gasteiger partial charge in [-0.25, -0.2) is 0 Å². The number of fused-ring (bicyclic) bond motifs is 1. The van der Waals surface area contributed by atoms with Crippen LogP contribution in [-0.2, 0) is 9.47 Å². The molecule has 20 heavy (non-hydrogen) atoms. The van der Waals surface area contributed by atoms with E-state index in [9.17, 15) is 20.4 Å². The van der Waals surface area contributed by atoms with Crippen molar-refractivity contribution in [1.29, 1.82) is 0 Å². The van der Waals surface area contributed by atoms with Gasteiger partial charge in [0, 0.05) is 13.0 Å². The van der Waals surface area contributed by atoms with E-state index in [1.165, 1.54) is 7.11 Å². The van der Waals surface area contributed by atoms with Crippen LogP contribution in [0.1, 0.15) is 11.5 Å². The van der Waals surface area contributed by atoms with Crippen molar-refractivity contribution in [2.24, 2.45) is 0 Å². The van der Waals surface area contributed by atoms with Gasteiger partial charge < -0.3 is 29.9 Å². The van der Waals surface area contributed by atoms with E-state index >= 15 is 0 Å². The first kappa shape index (κ1) is 13.9. The number of ether oxygens (including phenoxy) is 2. The molecule has 0 radical (unpaired) electrons. The first-order valence-corrected chi connectivity index (χ1v) is 6.51. The summed E-state index contributed by atoms with van der Waals surface area (Å²) in [4.78, 5) is 0. The molecule has 3 rings (SSSR count). The van der Waals surface area contributed by atoms with Gasteiger partial charge in [0.25, 0.3) is 0 Å². The lowest BCUT2D eigenvalue weighted by Gasteiger charge is -2.61. The molecule has 2 aliphatic rings. The van der Waals surface area contributed by atoms with Gasteiger partial charge in [-0.05, 0) is 5.56 Å². The highest BCUT2D eigenvalue weighted by molar-refractivity contribution is 5.35. The van der Waals surface area contributed by atoms with E-state index in [1.807, 2.05) is 6.07 Å². The summed E-state index contributed by atoms with van der Waals surface area (Å²) in [6, 6.07) is 8.89. The lowest BCUT2D eigenvalue weighted by molar-refractivity contribution is -0.383. The molecule has 0 amide bonds. The SMILES string of the molecule is COC1O[C@@H]2C(O)C(c3ccccc3)[C@]2(O)[C@@H](O)[C@H]1O. The molecule has 3 unspecified atom stereocenters. The van der Waals surface area contributed by atoms with E-state index in [2.05, 4.69) is 0 Å². The number of methoxy groups -OCH3 is 1. The lowest BCUT2D eigenvalue weighted by atomic mass is 9.57. The number of benzene rings is 1. The Bertz CT molecular complexity index is 476. The number of hydrogen-bond acceptors (Lipinski definition) is 6. The summed E-state index contributed by atoms with van der Waals surface area (Å²) in [5, 5.41) is 41.1. The maximum absolute atomic E-state index is 10.7. The van der Waals surface area contributed by atoms with E-state index in [-0.39, 0.29) is 0 Å². The molecule has 4 N–H and O–H groups in total. The predicted molar refractivity (Wildman–Crippen MR) is 67.8 cm³/mol. The minimum Gasteiger partial charge on any atom is -0.390 e. The smallest absolute Gasteiger partial charge is 0.186 e. The van der Waals surface area contributed by atoms with Crippen LogP contribution in [0.2, 0.25) is 0 Å². The second kappa shape index (κ2) is 4.77. The van der Waals surface area contributed by atoms with Gasteiger partial charge in [-0.1, -0.05) is 30.3 Å². The normalized spacial score (nSPS) is 47.5. The van der Waals surface area contributed by atoms with Gasteiger partial charge in [-0.3, -0.25) is 0 Å². The first-order chi connectivity index (χ1) is 9.51. The molecule has 0 spiro atoms. The number of aliphatic hydroxyl groups is 4. The summed E-state index contributed by atoms with van der Waals surface area (Å²) in [5.74, 6) is -0.712. The number of aliphatic hydroxyl groups excluding tert-OH is 3. The Balaban J connectivity index is 1.94. The zero-order chi connectivity index (χ0) is 14.5. The van der Waals surface area contributed by atoms with Gasteiger partial charge in [0.15, 0.2) is 6.29 Å². The molecule has 2 fully saturated rings. The average Bonchev–Trinajstić information content (AvgIpc) is 2.46. The average molecular weight is 282 g/mol. The molecule has 7 atom stereocenters. The summed E-state index contributed by atoms with van der Waals surface area (Å²) < 4.78 is 10.3. The van der Waals surface area contributed by atoms with Crippen molar-refractivity contribution in [2.75, 3.05) is 7.11 Å². The maximum Gasteiger partial charge on any atom is 0.186 e. The van der Waals surface area contributed by atoms with Crippen LogP contribution < -0.4 is 0 Å². The van der Waals surface area contributed by atoms with Gasteiger partial charge >= 0.3 is 0 Å². The molecule has 110 valence electrons. The van der Waals surface area contributed by atoms with Crippen molar-refractivity contribution >= 4 is 0 Å². The van der Waals surface area contributed by atoms with Crippen molar-refractivity contribution in [2.45, 2.75) is 42.2 Å². The highest BCUT2D eigenvalue weighted by atomic mass is 16.7. The topological polar surface area (TPSA) is 99.4 Å². The van der Waals surface area contributed by atoms with E-state index in [4.69, 9.17) is 9.47 Å². The molecule has 6 heteroatoms. The summed E-state index contributed by atoms with van der Waals surface area (Å²) in [5.41, 5.74) is -1.04. The Hall–Kier alpha value is -1.02. The minimum absolute atomic E-state index is 0.685. The summed E-state index contributed by atoms with van der Waals surface area (Å²) in [6.07, 6.45) is -5.86. The van der Waals surface area contributed by atoms with Crippen LogP contribution in [0.15, 0.2) is 30.3 Å². The Morgan fingerprint density at radius 1 is 1.10 bits per heavy atom. The third-order valence-corrected chi connectivity index (χ3v) is 4.35. The van der Waals surface area contributed by atoms with Crippen LogP contribution in [0, 0.1) is 0 Å². The lowest BCUT2D eigenvalue weighted by Crippen LogP contribution is -2.80. The van der Waals surface area contributed by atoms with Crippen molar-refractivity contribution in [3.8, 4) is 0 Å². The fourth-order valence-electron chi connectivity index (χ4n) is 3.29. The zero-order valence-corrected chi connectivity index (χ0v) is 11.0. The second-order valence-corrected chi connectivity index (χ2v) is 5.36. The largest absolute Gasteiger partial charge is 0.390 e. The number of rotatable bonds is 2. The van der Waals surface area contributed by atoms with Crippen LogP contribution in [0.5, 0.6) is 0 Å². The van der Waals surface area contributed by atoms with Crippen LogP contribution in [0.25, 0.3) is 0 Å². The van der Waals surface area contributed by atoms with E-state index in [0.29, 0.717) is 5.56 Å². The molecular formula is C14H18O6. The monoisotopic (exact) mass is 282 g/mol. The van der Waals surface area contributed by atoms with Gasteiger partial charge in [-0.15, -0.1) is 0 Å². The van der Waals surface area contributed by atoms with Crippen molar-refractivity contribution in [1.82, 2.24) is 0 Å². The molecule has 6 nitrogen and oxygen atoms in total. The van der Waals surface area contributed by atoms with Crippen molar-refractivity contribution in [3.05, 3.63) is 35.9 Å². The Labute approximate surface area is 116 Å². The maximum atomic E-state index is 10.7. The highest BCUT2D eigenvalue weighted by Gasteiger charge is 2.71. The van der Waals surface area contributed by atoms with Crippen LogP contribution >= 0.6 is 0 Å². The summed E-state index contributed by atoms with van der Waals surface area (Å²) in [6.45, 7) is 0. The minimum atomic E-state index is -1.73. The fourth-order valence-corrected chi connectivity index (χ4v) is 3.29. The Kier molecular flexibility index (Phi) is 3.32. The van der Waals surface area contributed by atoms with E-state index in [0.717, 1.165) is 0 Å². The van der Waals surface area contributed by atoms with Gasteiger partial charge in [-0.2, -0.15) is 0 Å². The predicted octanol–water partition coefficient (Wildman–Crippen LogP) is -1.03. The molecule has 0 bridgehead atoms. The van der Waals surface area contributed by atoms with Gasteiger partial charge in [0.1, 0.15) is 23.9 Å². The van der Waals surface area contributed by atoms with Crippen molar-refractivity contribution < 1.29 is 29.9 Å². The molecular weight excluding hydrogens is 264 g/mol. The standard InChI is InChI=1S/C14H18O6/c1-19-13-10(16)11(17)14(18)8(9(15)12(14)20-13)7-5-3-2-4-6-7/h2-6,8-13,15-18H,1H3/t8?,9?,10-,11+,12-,13?,14+/m1/s1. The molecule has 1 heterocycles. The van der Waals surface area contributed by atoms with Crippen molar-refractivity contribution in [3.63, 3.8) is 0 Å². The fraction of sp³-hybridized carbons (Fsp3) is 0.571. The molecule has 1 aromatic carbocycles. The van der Waals surface area contributed by atoms with Gasteiger partial charge in [0.2, 0.25) is 0 Å². The Morgan fingerprint density at radius 2 is 1.75 bits per heavy atom. The quantitative estimate of drug-likeness (QED) is 0.553. The molecule has 0 aromatic heterocycles. The summed E-state index contributed by atoms with van der Waals surface area (Å²) >= 11 is 0. The molecule has 1 aromatic rings. The molecule has 1 aliphatic carbocycles. The highest BCUT2D eigenvalue weighted by Crippen LogP contribution is 2.53. The summed E-state index contributed by atoms with van der Waals surface area (Å²) in [7, 11) is 1.32. The molecule has 1 saturated heterocycles. The van der Waals surface area contributed by atoms with E-state index in [1.54, 1.807) is 24.3 Å². The van der Waals surface area contributed by atoms with Crippen LogP contribution in [0.3, 0.4) is 0 Å². The zero-order valence-electron chi connectivity index (χ0n) is 11.0. The van der Waals surface area contributed by atoms with Crippen LogP contribution in [-0.4, -0.2) is 63.8 Å². The van der Waals surface area contributed by atoms with E-state index < -0.39 is 42.2 Å². The third-order valence-electron chi connectivity index (χ3n) is 4.35. The number of hydrogen-bond donors (Lipinski definition) is 4. The first-order valence-electron chi connectivity index (χ1n) is 6.51. The van der Waals surface area contributed by atoms with Gasteiger partial charge in [0.05, 0.1) is 6.10 Å². The third kappa shape index (κ3) is 1.67.